The number of carbonyl (C=O) groups is 3. The lowest BCUT2D eigenvalue weighted by Crippen LogP contribution is -2.19. The summed E-state index contributed by atoms with van der Waals surface area (Å²) in [5, 5.41) is 2.75. The normalized spacial score (nSPS) is 15.2. The highest BCUT2D eigenvalue weighted by Crippen LogP contribution is 2.32. The van der Waals surface area contributed by atoms with Gasteiger partial charge in [0, 0.05) is 11.3 Å². The molecule has 1 amide bonds. The van der Waals surface area contributed by atoms with Gasteiger partial charge in [0.1, 0.15) is 5.75 Å². The lowest BCUT2D eigenvalue weighted by molar-refractivity contribution is -0.144. The summed E-state index contributed by atoms with van der Waals surface area (Å²) in [4.78, 5) is 35.7. The lowest BCUT2D eigenvalue weighted by atomic mass is 9.99. The third-order valence-electron chi connectivity index (χ3n) is 4.20. The van der Waals surface area contributed by atoms with Crippen LogP contribution >= 0.6 is 0 Å². The number of fused-ring (bicyclic) bond motifs is 1. The second kappa shape index (κ2) is 7.39. The Labute approximate surface area is 151 Å². The largest absolute Gasteiger partial charge is 0.482 e. The minimum absolute atomic E-state index is 0.0932. The van der Waals surface area contributed by atoms with E-state index in [1.807, 2.05) is 19.1 Å². The number of nitrogens with one attached hydrogen (secondary N) is 1. The maximum Gasteiger partial charge on any atom is 0.344 e. The summed E-state index contributed by atoms with van der Waals surface area (Å²) in [6.45, 7) is 3.06. The first kappa shape index (κ1) is 17.7. The highest BCUT2D eigenvalue weighted by molar-refractivity contribution is 6.05. The highest BCUT2D eigenvalue weighted by atomic mass is 16.6. The Balaban J connectivity index is 1.53. The van der Waals surface area contributed by atoms with E-state index in [0.29, 0.717) is 17.0 Å². The third kappa shape index (κ3) is 3.91. The number of rotatable bonds is 6. The van der Waals surface area contributed by atoms with E-state index in [1.165, 1.54) is 0 Å². The first-order chi connectivity index (χ1) is 12.4. The predicted octanol–water partition coefficient (Wildman–Crippen LogP) is 2.86. The number of carbonyl (C=O) groups excluding carboxylic acids is 3. The molecule has 0 fully saturated rings. The Morgan fingerprint density at radius 2 is 1.92 bits per heavy atom. The van der Waals surface area contributed by atoms with Gasteiger partial charge < -0.3 is 14.8 Å². The number of ether oxygens (including phenoxy) is 2. The molecule has 134 valence electrons. The molecule has 1 N–H and O–H groups in total. The van der Waals surface area contributed by atoms with Crippen LogP contribution in [0.1, 0.15) is 34.3 Å². The summed E-state index contributed by atoms with van der Waals surface area (Å²) in [5.41, 5.74) is 2.90. The molecule has 3 rings (SSSR count). The van der Waals surface area contributed by atoms with Crippen LogP contribution in [0.3, 0.4) is 0 Å². The summed E-state index contributed by atoms with van der Waals surface area (Å²) in [5.74, 6) is -0.778. The molecule has 0 radical (unpaired) electrons. The van der Waals surface area contributed by atoms with Crippen LogP contribution in [-0.2, 0) is 14.3 Å². The number of aryl methyl sites for hydroxylation is 1. The summed E-state index contributed by atoms with van der Waals surface area (Å²) in [7, 11) is 0. The number of benzene rings is 2. The van der Waals surface area contributed by atoms with Crippen molar-refractivity contribution in [2.24, 2.45) is 0 Å². The van der Waals surface area contributed by atoms with Crippen LogP contribution in [0.2, 0.25) is 0 Å². The van der Waals surface area contributed by atoms with Crippen molar-refractivity contribution in [2.75, 3.05) is 18.5 Å². The zero-order valence-corrected chi connectivity index (χ0v) is 14.6. The number of anilines is 1. The van der Waals surface area contributed by atoms with Gasteiger partial charge in [-0.05, 0) is 55.3 Å². The van der Waals surface area contributed by atoms with Crippen LogP contribution in [0.15, 0.2) is 42.5 Å². The van der Waals surface area contributed by atoms with Gasteiger partial charge in [0.05, 0.1) is 5.92 Å². The van der Waals surface area contributed by atoms with Crippen molar-refractivity contribution in [2.45, 2.75) is 19.8 Å². The first-order valence-electron chi connectivity index (χ1n) is 8.27. The van der Waals surface area contributed by atoms with E-state index in [4.69, 9.17) is 9.47 Å². The van der Waals surface area contributed by atoms with Crippen molar-refractivity contribution in [3.8, 4) is 5.75 Å². The molecule has 6 heteroatoms. The average Bonchev–Trinajstić information content (AvgIpc) is 2.91. The van der Waals surface area contributed by atoms with Crippen LogP contribution in [-0.4, -0.2) is 30.9 Å². The predicted molar refractivity (Wildman–Crippen MR) is 95.5 cm³/mol. The summed E-state index contributed by atoms with van der Waals surface area (Å²) in [6.07, 6.45) is 0. The van der Waals surface area contributed by atoms with E-state index >= 15 is 0 Å². The maximum atomic E-state index is 12.2. The van der Waals surface area contributed by atoms with Crippen LogP contribution < -0.4 is 10.1 Å². The second-order valence-corrected chi connectivity index (χ2v) is 6.20. The monoisotopic (exact) mass is 353 g/mol. The fourth-order valence-electron chi connectivity index (χ4n) is 2.71. The number of esters is 1. The van der Waals surface area contributed by atoms with Crippen molar-refractivity contribution in [3.63, 3.8) is 0 Å². The first-order valence-corrected chi connectivity index (χ1v) is 8.27. The van der Waals surface area contributed by atoms with E-state index in [9.17, 15) is 14.4 Å². The molecule has 0 saturated heterocycles. The number of hydrogen-bond donors (Lipinski definition) is 1. The van der Waals surface area contributed by atoms with Gasteiger partial charge in [0.25, 0.3) is 0 Å². The highest BCUT2D eigenvalue weighted by Gasteiger charge is 2.27. The lowest BCUT2D eigenvalue weighted by Gasteiger charge is -2.08. The number of amides is 1. The second-order valence-electron chi connectivity index (χ2n) is 6.20. The zero-order valence-electron chi connectivity index (χ0n) is 14.6. The smallest absolute Gasteiger partial charge is 0.344 e. The van der Waals surface area contributed by atoms with Crippen LogP contribution in [0.4, 0.5) is 5.69 Å². The molecular formula is C20H19NO5. The summed E-state index contributed by atoms with van der Waals surface area (Å²) in [6, 6.07) is 12.3. The van der Waals surface area contributed by atoms with Gasteiger partial charge in [-0.3, -0.25) is 9.59 Å². The fourth-order valence-corrected chi connectivity index (χ4v) is 2.71. The van der Waals surface area contributed by atoms with Crippen molar-refractivity contribution in [3.05, 3.63) is 59.2 Å². The molecule has 0 bridgehead atoms. The van der Waals surface area contributed by atoms with Crippen LogP contribution in [0, 0.1) is 6.92 Å². The Hall–Kier alpha value is -3.15. The molecule has 1 heterocycles. The molecule has 1 aliphatic heterocycles. The molecule has 0 spiro atoms. The number of ketones is 1. The Kier molecular flexibility index (Phi) is 5.02. The Morgan fingerprint density at radius 1 is 1.12 bits per heavy atom. The van der Waals surface area contributed by atoms with Crippen molar-refractivity contribution >= 4 is 23.3 Å². The van der Waals surface area contributed by atoms with E-state index in [2.05, 4.69) is 5.32 Å². The molecule has 0 unspecified atom stereocenters. The van der Waals surface area contributed by atoms with E-state index < -0.39 is 5.97 Å². The summed E-state index contributed by atoms with van der Waals surface area (Å²) >= 11 is 0. The minimum Gasteiger partial charge on any atom is -0.482 e. The molecule has 2 aromatic carbocycles. The number of Topliss-reactive ketones (excluding diaryl/α,β-unsaturated/α-hetero) is 1. The molecule has 26 heavy (non-hydrogen) atoms. The van der Waals surface area contributed by atoms with Crippen molar-refractivity contribution in [1.29, 1.82) is 0 Å². The Morgan fingerprint density at radius 3 is 2.69 bits per heavy atom. The van der Waals surface area contributed by atoms with Gasteiger partial charge in [-0.2, -0.15) is 0 Å². The van der Waals surface area contributed by atoms with Crippen molar-refractivity contribution in [1.82, 2.24) is 0 Å². The van der Waals surface area contributed by atoms with Crippen molar-refractivity contribution < 1.29 is 23.9 Å². The average molecular weight is 353 g/mol. The van der Waals surface area contributed by atoms with Crippen LogP contribution in [0.5, 0.6) is 5.75 Å². The van der Waals surface area contributed by atoms with Gasteiger partial charge in [-0.25, -0.2) is 4.79 Å². The summed E-state index contributed by atoms with van der Waals surface area (Å²) < 4.78 is 10.3. The molecule has 0 saturated carbocycles. The van der Waals surface area contributed by atoms with Gasteiger partial charge >= 0.3 is 5.97 Å². The van der Waals surface area contributed by atoms with E-state index in [-0.39, 0.29) is 30.8 Å². The Bertz CT molecular complexity index is 874. The molecule has 1 aliphatic rings. The SMILES string of the molecule is Cc1cccc(OCC(=O)OCC(=O)c2ccc3c(c2)[C@@H](C)C(=O)N3)c1. The molecular weight excluding hydrogens is 334 g/mol. The van der Waals surface area contributed by atoms with E-state index in [0.717, 1.165) is 11.1 Å². The van der Waals surface area contributed by atoms with Gasteiger partial charge in [0.15, 0.2) is 19.0 Å². The molecule has 0 aliphatic carbocycles. The third-order valence-corrected chi connectivity index (χ3v) is 4.20. The van der Waals surface area contributed by atoms with Gasteiger partial charge in [-0.15, -0.1) is 0 Å². The molecule has 6 nitrogen and oxygen atoms in total. The molecule has 2 aromatic rings. The number of hydrogen-bond acceptors (Lipinski definition) is 5. The standard InChI is InChI=1S/C20H19NO5/c1-12-4-3-5-15(8-12)25-11-19(23)26-10-18(22)14-6-7-17-16(9-14)13(2)20(24)21-17/h3-9,13H,10-11H2,1-2H3,(H,21,24)/t13-/m1/s1. The topological polar surface area (TPSA) is 81.7 Å². The quantitative estimate of drug-likeness (QED) is 0.638. The zero-order chi connectivity index (χ0) is 18.7. The molecule has 0 aromatic heterocycles. The van der Waals surface area contributed by atoms with Gasteiger partial charge in [-0.1, -0.05) is 12.1 Å². The minimum atomic E-state index is -0.619. The van der Waals surface area contributed by atoms with Gasteiger partial charge in [0.2, 0.25) is 5.91 Å². The van der Waals surface area contributed by atoms with Crippen LogP contribution in [0.25, 0.3) is 0 Å². The fraction of sp³-hybridized carbons (Fsp3) is 0.250. The molecule has 1 atom stereocenters. The maximum absolute atomic E-state index is 12.2. The van der Waals surface area contributed by atoms with E-state index in [1.54, 1.807) is 37.3 Å².